The van der Waals surface area contributed by atoms with Gasteiger partial charge in [-0.15, -0.1) is 0 Å². The minimum Gasteiger partial charge on any atom is -0.490 e. The summed E-state index contributed by atoms with van der Waals surface area (Å²) in [5.41, 5.74) is 3.38. The summed E-state index contributed by atoms with van der Waals surface area (Å²) in [7, 11) is 0. The van der Waals surface area contributed by atoms with Gasteiger partial charge in [-0.2, -0.15) is 0 Å². The van der Waals surface area contributed by atoms with E-state index in [9.17, 15) is 14.4 Å². The second kappa shape index (κ2) is 14.2. The molecule has 0 aliphatic carbocycles. The maximum absolute atomic E-state index is 13.5. The van der Waals surface area contributed by atoms with E-state index >= 15 is 0 Å². The van der Waals surface area contributed by atoms with Gasteiger partial charge >= 0.3 is 6.03 Å². The van der Waals surface area contributed by atoms with Gasteiger partial charge in [0.1, 0.15) is 24.5 Å². The number of anilines is 1. The number of amides is 4. The standard InChI is InChI=1S/C34H27BrCl2N2O6/c1-3-43-30-16-22(15-28(35)31(30)45-18-21-6-4-5-20(2)13-21)14-27-32(40)38-34(42)39(33(27)41)25-9-11-26(12-10-25)44-19-23-7-8-24(36)17-29(23)37/h4-17H,3,18-19H2,1-2H3,(H,38,40,42)/b27-14+. The van der Waals surface area contributed by atoms with Crippen molar-refractivity contribution in [3.05, 3.63) is 121 Å². The summed E-state index contributed by atoms with van der Waals surface area (Å²) in [6, 6.07) is 21.9. The lowest BCUT2D eigenvalue weighted by atomic mass is 10.1. The lowest BCUT2D eigenvalue weighted by Crippen LogP contribution is -2.54. The van der Waals surface area contributed by atoms with Crippen molar-refractivity contribution >= 4 is 68.7 Å². The fraction of sp³-hybridized carbons (Fsp3) is 0.147. The van der Waals surface area contributed by atoms with E-state index in [1.54, 1.807) is 54.6 Å². The van der Waals surface area contributed by atoms with Gasteiger partial charge in [0.05, 0.1) is 16.8 Å². The first kappa shape index (κ1) is 32.1. The molecular weight excluding hydrogens is 683 g/mol. The zero-order valence-electron chi connectivity index (χ0n) is 24.2. The van der Waals surface area contributed by atoms with Crippen LogP contribution in [0.2, 0.25) is 10.0 Å². The van der Waals surface area contributed by atoms with Crippen LogP contribution in [-0.2, 0) is 22.8 Å². The van der Waals surface area contributed by atoms with Crippen molar-refractivity contribution in [3.63, 3.8) is 0 Å². The van der Waals surface area contributed by atoms with Gasteiger partial charge in [0.25, 0.3) is 11.8 Å². The van der Waals surface area contributed by atoms with Crippen LogP contribution in [0.25, 0.3) is 6.08 Å². The number of rotatable bonds is 10. The van der Waals surface area contributed by atoms with E-state index in [2.05, 4.69) is 21.2 Å². The number of carbonyl (C=O) groups excluding carboxylic acids is 3. The second-order valence-corrected chi connectivity index (χ2v) is 11.7. The quantitative estimate of drug-likeness (QED) is 0.132. The van der Waals surface area contributed by atoms with Gasteiger partial charge in [-0.3, -0.25) is 14.9 Å². The van der Waals surface area contributed by atoms with Crippen LogP contribution < -0.4 is 24.4 Å². The molecule has 5 rings (SSSR count). The van der Waals surface area contributed by atoms with Gasteiger partial charge in [0.2, 0.25) is 0 Å². The molecule has 8 nitrogen and oxygen atoms in total. The van der Waals surface area contributed by atoms with Crippen LogP contribution in [0.1, 0.15) is 29.2 Å². The topological polar surface area (TPSA) is 94.2 Å². The Morgan fingerprint density at radius 2 is 1.67 bits per heavy atom. The molecule has 1 aliphatic rings. The summed E-state index contributed by atoms with van der Waals surface area (Å²) in [5, 5.41) is 3.24. The Morgan fingerprint density at radius 3 is 2.38 bits per heavy atom. The Hall–Kier alpha value is -4.31. The summed E-state index contributed by atoms with van der Waals surface area (Å²) < 4.78 is 18.3. The largest absolute Gasteiger partial charge is 0.490 e. The molecule has 1 N–H and O–H groups in total. The molecular formula is C34H27BrCl2N2O6. The molecule has 0 bridgehead atoms. The first-order chi connectivity index (χ1) is 21.6. The van der Waals surface area contributed by atoms with Gasteiger partial charge in [-0.1, -0.05) is 59.1 Å². The van der Waals surface area contributed by atoms with Crippen molar-refractivity contribution in [3.8, 4) is 17.2 Å². The summed E-state index contributed by atoms with van der Waals surface area (Å²) in [5.74, 6) is -0.190. The number of nitrogens with one attached hydrogen (secondary N) is 1. The Bertz CT molecular complexity index is 1810. The number of urea groups is 1. The molecule has 0 saturated carbocycles. The molecule has 4 amide bonds. The number of ether oxygens (including phenoxy) is 3. The Labute approximate surface area is 278 Å². The SMILES string of the molecule is CCOc1cc(/C=C2\C(=O)NC(=O)N(c3ccc(OCc4ccc(Cl)cc4Cl)cc3)C2=O)cc(Br)c1OCc1cccc(C)c1. The van der Waals surface area contributed by atoms with Gasteiger partial charge in [0, 0.05) is 15.6 Å². The molecule has 4 aromatic rings. The van der Waals surface area contributed by atoms with Crippen LogP contribution in [-0.4, -0.2) is 24.5 Å². The van der Waals surface area contributed by atoms with Crippen molar-refractivity contribution < 1.29 is 28.6 Å². The molecule has 1 saturated heterocycles. The van der Waals surface area contributed by atoms with Crippen LogP contribution in [0.3, 0.4) is 0 Å². The summed E-state index contributed by atoms with van der Waals surface area (Å²) in [6.07, 6.45) is 1.40. The molecule has 0 atom stereocenters. The lowest BCUT2D eigenvalue weighted by molar-refractivity contribution is -0.122. The number of imide groups is 2. The normalized spacial score (nSPS) is 14.0. The molecule has 1 heterocycles. The highest BCUT2D eigenvalue weighted by atomic mass is 79.9. The average molecular weight is 710 g/mol. The second-order valence-electron chi connectivity index (χ2n) is 10.0. The van der Waals surface area contributed by atoms with E-state index in [4.69, 9.17) is 37.4 Å². The number of hydrogen-bond acceptors (Lipinski definition) is 6. The predicted octanol–water partition coefficient (Wildman–Crippen LogP) is 8.29. The number of hydrogen-bond donors (Lipinski definition) is 1. The third-order valence-corrected chi connectivity index (χ3v) is 7.89. The van der Waals surface area contributed by atoms with Crippen LogP contribution in [0.15, 0.2) is 88.9 Å². The third kappa shape index (κ3) is 7.68. The van der Waals surface area contributed by atoms with Gasteiger partial charge < -0.3 is 14.2 Å². The van der Waals surface area contributed by atoms with Gasteiger partial charge in [-0.05, 0) is 95.5 Å². The molecule has 230 valence electrons. The minimum atomic E-state index is -0.861. The smallest absolute Gasteiger partial charge is 0.335 e. The summed E-state index contributed by atoms with van der Waals surface area (Å²) >= 11 is 15.7. The first-order valence-corrected chi connectivity index (χ1v) is 15.4. The highest BCUT2D eigenvalue weighted by Crippen LogP contribution is 2.38. The van der Waals surface area contributed by atoms with Crippen LogP contribution in [0.5, 0.6) is 17.2 Å². The number of barbiturate groups is 1. The predicted molar refractivity (Wildman–Crippen MR) is 177 cm³/mol. The molecule has 4 aromatic carbocycles. The van der Waals surface area contributed by atoms with Crippen molar-refractivity contribution in [2.75, 3.05) is 11.5 Å². The molecule has 0 spiro atoms. The highest BCUT2D eigenvalue weighted by Gasteiger charge is 2.37. The van der Waals surface area contributed by atoms with Crippen LogP contribution in [0.4, 0.5) is 10.5 Å². The number of aryl methyl sites for hydroxylation is 1. The van der Waals surface area contributed by atoms with E-state index in [1.807, 2.05) is 38.1 Å². The average Bonchev–Trinajstić information content (AvgIpc) is 2.99. The van der Waals surface area contributed by atoms with Crippen molar-refractivity contribution in [2.45, 2.75) is 27.1 Å². The van der Waals surface area contributed by atoms with Gasteiger partial charge in [-0.25, -0.2) is 9.69 Å². The molecule has 0 aromatic heterocycles. The first-order valence-electron chi connectivity index (χ1n) is 13.9. The van der Waals surface area contributed by atoms with Crippen molar-refractivity contribution in [2.24, 2.45) is 0 Å². The number of halogens is 3. The monoisotopic (exact) mass is 708 g/mol. The maximum Gasteiger partial charge on any atom is 0.335 e. The maximum atomic E-state index is 13.5. The molecule has 0 radical (unpaired) electrons. The van der Waals surface area contributed by atoms with E-state index in [0.29, 0.717) is 50.5 Å². The highest BCUT2D eigenvalue weighted by molar-refractivity contribution is 9.10. The van der Waals surface area contributed by atoms with E-state index in [0.717, 1.165) is 21.6 Å². The van der Waals surface area contributed by atoms with Crippen LogP contribution >= 0.6 is 39.1 Å². The number of benzene rings is 4. The van der Waals surface area contributed by atoms with E-state index in [1.165, 1.54) is 6.08 Å². The minimum absolute atomic E-state index is 0.189. The summed E-state index contributed by atoms with van der Waals surface area (Å²) in [4.78, 5) is 40.0. The molecule has 11 heteroatoms. The Morgan fingerprint density at radius 1 is 0.889 bits per heavy atom. The molecule has 1 fully saturated rings. The third-order valence-electron chi connectivity index (χ3n) is 6.71. The Balaban J connectivity index is 1.35. The number of carbonyl (C=O) groups is 3. The Kier molecular flexibility index (Phi) is 10.1. The fourth-order valence-electron chi connectivity index (χ4n) is 4.58. The van der Waals surface area contributed by atoms with Crippen molar-refractivity contribution in [1.82, 2.24) is 5.32 Å². The molecule has 45 heavy (non-hydrogen) atoms. The zero-order valence-corrected chi connectivity index (χ0v) is 27.3. The molecule has 1 aliphatic heterocycles. The van der Waals surface area contributed by atoms with Crippen molar-refractivity contribution in [1.29, 1.82) is 0 Å². The lowest BCUT2D eigenvalue weighted by Gasteiger charge is -2.26. The zero-order chi connectivity index (χ0) is 32.1. The fourth-order valence-corrected chi connectivity index (χ4v) is 5.62. The summed E-state index contributed by atoms with van der Waals surface area (Å²) in [6.45, 7) is 4.72. The molecule has 0 unspecified atom stereocenters. The number of nitrogens with zero attached hydrogens (tertiary/aromatic N) is 1. The van der Waals surface area contributed by atoms with E-state index < -0.39 is 17.8 Å². The van der Waals surface area contributed by atoms with Gasteiger partial charge in [0.15, 0.2) is 11.5 Å². The van der Waals surface area contributed by atoms with E-state index in [-0.39, 0.29) is 17.9 Å². The van der Waals surface area contributed by atoms with Crippen LogP contribution in [0, 0.1) is 6.92 Å².